The SMILES string of the molecule is CC(C)C1CCC(=O)N(CC(C)(F)F)C1. The Balaban J connectivity index is 2.58. The smallest absolute Gasteiger partial charge is 0.262 e. The van der Waals surface area contributed by atoms with Crippen LogP contribution in [0.2, 0.25) is 0 Å². The van der Waals surface area contributed by atoms with E-state index in [2.05, 4.69) is 13.8 Å². The average Bonchev–Trinajstić information content (AvgIpc) is 2.06. The molecule has 0 N–H and O–H groups in total. The molecule has 1 rings (SSSR count). The van der Waals surface area contributed by atoms with Crippen LogP contribution in [0, 0.1) is 11.8 Å². The van der Waals surface area contributed by atoms with Crippen molar-refractivity contribution in [1.82, 2.24) is 4.90 Å². The van der Waals surface area contributed by atoms with E-state index in [1.807, 2.05) is 0 Å². The quantitative estimate of drug-likeness (QED) is 0.714. The summed E-state index contributed by atoms with van der Waals surface area (Å²) < 4.78 is 25.6. The predicted molar refractivity (Wildman–Crippen MR) is 54.8 cm³/mol. The molecule has 1 unspecified atom stereocenters. The molecule has 4 heteroatoms. The minimum atomic E-state index is -2.78. The molecule has 0 aromatic heterocycles. The Morgan fingerprint density at radius 2 is 2.13 bits per heavy atom. The van der Waals surface area contributed by atoms with Crippen LogP contribution in [0.4, 0.5) is 8.78 Å². The first kappa shape index (κ1) is 12.4. The number of piperidine rings is 1. The van der Waals surface area contributed by atoms with Gasteiger partial charge in [-0.1, -0.05) is 13.8 Å². The monoisotopic (exact) mass is 219 g/mol. The zero-order valence-electron chi connectivity index (χ0n) is 9.59. The van der Waals surface area contributed by atoms with Crippen molar-refractivity contribution in [2.45, 2.75) is 39.5 Å². The minimum absolute atomic E-state index is 0.131. The second-order valence-corrected chi connectivity index (χ2v) is 4.89. The Labute approximate surface area is 89.6 Å². The van der Waals surface area contributed by atoms with Gasteiger partial charge in [-0.2, -0.15) is 0 Å². The van der Waals surface area contributed by atoms with Gasteiger partial charge in [0, 0.05) is 19.9 Å². The summed E-state index contributed by atoms with van der Waals surface area (Å²) in [6, 6.07) is 0. The van der Waals surface area contributed by atoms with E-state index >= 15 is 0 Å². The van der Waals surface area contributed by atoms with Gasteiger partial charge in [0.15, 0.2) is 0 Å². The van der Waals surface area contributed by atoms with Gasteiger partial charge in [-0.15, -0.1) is 0 Å². The Kier molecular flexibility index (Phi) is 3.68. The van der Waals surface area contributed by atoms with Crippen LogP contribution in [0.25, 0.3) is 0 Å². The zero-order valence-corrected chi connectivity index (χ0v) is 9.59. The molecule has 88 valence electrons. The van der Waals surface area contributed by atoms with Crippen molar-refractivity contribution in [2.24, 2.45) is 11.8 Å². The fourth-order valence-corrected chi connectivity index (χ4v) is 1.98. The molecule has 15 heavy (non-hydrogen) atoms. The lowest BCUT2D eigenvalue weighted by Gasteiger charge is -2.35. The molecule has 1 aliphatic rings. The van der Waals surface area contributed by atoms with Crippen LogP contribution < -0.4 is 0 Å². The summed E-state index contributed by atoms with van der Waals surface area (Å²) >= 11 is 0. The van der Waals surface area contributed by atoms with Gasteiger partial charge in [-0.3, -0.25) is 4.79 Å². The van der Waals surface area contributed by atoms with Gasteiger partial charge in [0.1, 0.15) is 0 Å². The number of likely N-dealkylation sites (tertiary alicyclic amines) is 1. The Morgan fingerprint density at radius 3 is 2.60 bits per heavy atom. The molecule has 0 spiro atoms. The lowest BCUT2D eigenvalue weighted by Crippen LogP contribution is -2.46. The van der Waals surface area contributed by atoms with Gasteiger partial charge in [0.05, 0.1) is 6.54 Å². The fraction of sp³-hybridized carbons (Fsp3) is 0.909. The number of hydrogen-bond acceptors (Lipinski definition) is 1. The first-order chi connectivity index (χ1) is 6.79. The van der Waals surface area contributed by atoms with Gasteiger partial charge in [0.25, 0.3) is 5.92 Å². The van der Waals surface area contributed by atoms with Gasteiger partial charge in [-0.05, 0) is 18.3 Å². The van der Waals surface area contributed by atoms with Crippen LogP contribution in [-0.2, 0) is 4.79 Å². The van der Waals surface area contributed by atoms with Gasteiger partial charge < -0.3 is 4.90 Å². The molecule has 1 aliphatic heterocycles. The van der Waals surface area contributed by atoms with Gasteiger partial charge >= 0.3 is 0 Å². The summed E-state index contributed by atoms with van der Waals surface area (Å²) in [4.78, 5) is 12.7. The third-order valence-corrected chi connectivity index (χ3v) is 2.95. The third-order valence-electron chi connectivity index (χ3n) is 2.95. The number of alkyl halides is 2. The van der Waals surface area contributed by atoms with Crippen LogP contribution in [-0.4, -0.2) is 29.8 Å². The van der Waals surface area contributed by atoms with Crippen molar-refractivity contribution in [3.05, 3.63) is 0 Å². The first-order valence-corrected chi connectivity index (χ1v) is 5.45. The van der Waals surface area contributed by atoms with E-state index in [0.717, 1.165) is 13.3 Å². The summed E-state index contributed by atoms with van der Waals surface area (Å²) in [5.74, 6) is -2.10. The number of carbonyl (C=O) groups is 1. The average molecular weight is 219 g/mol. The summed E-state index contributed by atoms with van der Waals surface area (Å²) in [5, 5.41) is 0. The predicted octanol–water partition coefficient (Wildman–Crippen LogP) is 2.54. The molecule has 1 amide bonds. The highest BCUT2D eigenvalue weighted by Gasteiger charge is 2.33. The number of nitrogens with zero attached hydrogens (tertiary/aromatic N) is 1. The third kappa shape index (κ3) is 3.76. The van der Waals surface area contributed by atoms with Crippen molar-refractivity contribution < 1.29 is 13.6 Å². The lowest BCUT2D eigenvalue weighted by molar-refractivity contribution is -0.140. The fourth-order valence-electron chi connectivity index (χ4n) is 1.98. The molecule has 1 fully saturated rings. The van der Waals surface area contributed by atoms with E-state index in [9.17, 15) is 13.6 Å². The van der Waals surface area contributed by atoms with E-state index in [1.165, 1.54) is 4.90 Å². The molecule has 2 nitrogen and oxygen atoms in total. The van der Waals surface area contributed by atoms with Gasteiger partial charge in [0.2, 0.25) is 5.91 Å². The molecule has 1 heterocycles. The van der Waals surface area contributed by atoms with Crippen LogP contribution in [0.15, 0.2) is 0 Å². The summed E-state index contributed by atoms with van der Waals surface area (Å²) in [5.41, 5.74) is 0. The van der Waals surface area contributed by atoms with Crippen molar-refractivity contribution in [3.8, 4) is 0 Å². The van der Waals surface area contributed by atoms with Crippen molar-refractivity contribution in [1.29, 1.82) is 0 Å². The summed E-state index contributed by atoms with van der Waals surface area (Å²) in [6.45, 7) is 5.06. The van der Waals surface area contributed by atoms with Crippen LogP contribution in [0.1, 0.15) is 33.6 Å². The highest BCUT2D eigenvalue weighted by molar-refractivity contribution is 5.77. The van der Waals surface area contributed by atoms with Crippen molar-refractivity contribution in [3.63, 3.8) is 0 Å². The van der Waals surface area contributed by atoms with E-state index in [1.54, 1.807) is 0 Å². The van der Waals surface area contributed by atoms with E-state index in [4.69, 9.17) is 0 Å². The van der Waals surface area contributed by atoms with E-state index < -0.39 is 12.5 Å². The summed E-state index contributed by atoms with van der Waals surface area (Å²) in [7, 11) is 0. The number of amides is 1. The zero-order chi connectivity index (χ0) is 11.6. The molecule has 1 atom stereocenters. The van der Waals surface area contributed by atoms with E-state index in [0.29, 0.717) is 24.8 Å². The molecule has 1 saturated heterocycles. The number of hydrogen-bond donors (Lipinski definition) is 0. The maximum absolute atomic E-state index is 12.8. The van der Waals surface area contributed by atoms with Crippen molar-refractivity contribution >= 4 is 5.91 Å². The minimum Gasteiger partial charge on any atom is -0.336 e. The Morgan fingerprint density at radius 1 is 1.53 bits per heavy atom. The van der Waals surface area contributed by atoms with Crippen LogP contribution >= 0.6 is 0 Å². The lowest BCUT2D eigenvalue weighted by atomic mass is 9.87. The Hall–Kier alpha value is -0.670. The molecule has 0 aliphatic carbocycles. The van der Waals surface area contributed by atoms with Crippen LogP contribution in [0.5, 0.6) is 0 Å². The molecular formula is C11H19F2NO. The molecule has 0 saturated carbocycles. The number of carbonyl (C=O) groups excluding carboxylic acids is 1. The molecule has 0 radical (unpaired) electrons. The van der Waals surface area contributed by atoms with E-state index in [-0.39, 0.29) is 5.91 Å². The normalized spacial score (nSPS) is 23.7. The maximum Gasteiger partial charge on any atom is 0.262 e. The number of rotatable bonds is 3. The molecule has 0 bridgehead atoms. The highest BCUT2D eigenvalue weighted by Crippen LogP contribution is 2.26. The topological polar surface area (TPSA) is 20.3 Å². The molecule has 0 aromatic rings. The first-order valence-electron chi connectivity index (χ1n) is 5.45. The Bertz CT molecular complexity index is 235. The second-order valence-electron chi connectivity index (χ2n) is 4.89. The van der Waals surface area contributed by atoms with Crippen LogP contribution in [0.3, 0.4) is 0 Å². The largest absolute Gasteiger partial charge is 0.336 e. The maximum atomic E-state index is 12.8. The van der Waals surface area contributed by atoms with Crippen molar-refractivity contribution in [2.75, 3.05) is 13.1 Å². The second kappa shape index (κ2) is 4.45. The summed E-state index contributed by atoms with van der Waals surface area (Å²) in [6.07, 6.45) is 1.25. The molecular weight excluding hydrogens is 200 g/mol. The number of halogens is 2. The highest BCUT2D eigenvalue weighted by atomic mass is 19.3. The standard InChI is InChI=1S/C11H19F2NO/c1-8(2)9-4-5-10(15)14(6-9)7-11(3,12)13/h8-9H,4-7H2,1-3H3. The molecule has 0 aromatic carbocycles. The van der Waals surface area contributed by atoms with Gasteiger partial charge in [-0.25, -0.2) is 8.78 Å².